The van der Waals surface area contributed by atoms with E-state index >= 15 is 0 Å². The highest BCUT2D eigenvalue weighted by Gasteiger charge is 2.18. The molecule has 4 aromatic carbocycles. The van der Waals surface area contributed by atoms with E-state index < -0.39 is 30.0 Å². The first kappa shape index (κ1) is 35.2. The number of nitrogens with one attached hydrogen (secondary N) is 2. The van der Waals surface area contributed by atoms with Crippen molar-refractivity contribution >= 4 is 66.6 Å². The minimum atomic E-state index is -4.79. The predicted molar refractivity (Wildman–Crippen MR) is 184 cm³/mol. The van der Waals surface area contributed by atoms with Crippen LogP contribution < -0.4 is 10.9 Å². The molecule has 14 nitrogen and oxygen atoms in total. The Kier molecular flexibility index (Phi) is 11.2. The van der Waals surface area contributed by atoms with Gasteiger partial charge in [-0.05, 0) is 49.2 Å². The van der Waals surface area contributed by atoms with E-state index in [2.05, 4.69) is 31.4 Å². The number of benzene rings is 4. The van der Waals surface area contributed by atoms with Crippen molar-refractivity contribution in [1.82, 2.24) is 0 Å². The molecule has 0 saturated carbocycles. The Hall–Kier alpha value is -5.68. The lowest BCUT2D eigenvalue weighted by Crippen LogP contribution is -2.14. The molecule has 0 atom stereocenters. The topological polar surface area (TPSA) is 223 Å². The van der Waals surface area contributed by atoms with Gasteiger partial charge >= 0.3 is 0 Å². The lowest BCUT2D eigenvalue weighted by molar-refractivity contribution is 0.319. The fourth-order valence-electron chi connectivity index (χ4n) is 4.35. The van der Waals surface area contributed by atoms with Crippen LogP contribution >= 0.6 is 0 Å². The van der Waals surface area contributed by atoms with Gasteiger partial charge in [0.1, 0.15) is 32.6 Å². The third-order valence-electron chi connectivity index (χ3n) is 6.70. The molecule has 0 aliphatic carbocycles. The zero-order chi connectivity index (χ0) is 34.9. The Labute approximate surface area is 276 Å². The molecule has 0 amide bonds. The van der Waals surface area contributed by atoms with Gasteiger partial charge in [0.2, 0.25) is 0 Å². The van der Waals surface area contributed by atoms with Gasteiger partial charge in [0.15, 0.2) is 0 Å². The van der Waals surface area contributed by atoms with Crippen molar-refractivity contribution in [2.24, 2.45) is 20.5 Å². The molecule has 0 aromatic heterocycles. The maximum Gasteiger partial charge on any atom is 0.295 e. The highest BCUT2D eigenvalue weighted by Crippen LogP contribution is 2.26. The third kappa shape index (κ3) is 8.98. The van der Waals surface area contributed by atoms with E-state index in [-0.39, 0.29) is 45.3 Å². The third-order valence-corrected chi connectivity index (χ3v) is 8.52. The van der Waals surface area contributed by atoms with E-state index in [4.69, 9.17) is 0 Å². The number of nitrogens with zero attached hydrogens (tertiary/aromatic N) is 4. The lowest BCUT2D eigenvalue weighted by Gasteiger charge is -2.10. The van der Waals surface area contributed by atoms with Crippen molar-refractivity contribution in [3.05, 3.63) is 119 Å². The van der Waals surface area contributed by atoms with E-state index in [1.807, 2.05) is 0 Å². The highest BCUT2D eigenvalue weighted by molar-refractivity contribution is 7.86. The Morgan fingerprint density at radius 2 is 0.938 bits per heavy atom. The molecule has 6 N–H and O–H groups in total. The normalized spacial score (nSPS) is 13.5. The Morgan fingerprint density at radius 3 is 1.25 bits per heavy atom. The molecule has 0 aliphatic rings. The molecule has 16 heteroatoms. The van der Waals surface area contributed by atoms with E-state index in [1.54, 1.807) is 60.7 Å². The molecule has 4 aromatic rings. The van der Waals surface area contributed by atoms with Gasteiger partial charge in [-0.15, -0.1) is 0 Å². The van der Waals surface area contributed by atoms with Crippen molar-refractivity contribution in [1.29, 1.82) is 0 Å². The van der Waals surface area contributed by atoms with E-state index in [9.17, 15) is 36.4 Å². The van der Waals surface area contributed by atoms with E-state index in [0.717, 1.165) is 12.1 Å². The summed E-state index contributed by atoms with van der Waals surface area (Å²) in [7, 11) is -9.58. The molecule has 0 fully saturated rings. The molecule has 0 unspecified atom stereocenters. The van der Waals surface area contributed by atoms with Crippen LogP contribution in [0.5, 0.6) is 0 Å². The average molecular weight is 691 g/mol. The standard InChI is InChI=1S/C32H30N6O8S2/c1-21(37-39)31(25-9-5-3-6-10-25)35-33-27-17-15-23(29(19-27)47(41,42)43)13-14-24-16-18-28(20-30(24)48(44,45)46)34-36-32(22(2)38-40)26-11-7-4-8-12-26/h3-20,33-34,39-40H,1-2H3,(H,41,42,43)(H,44,45,46)/b14-13+,35-31+,36-32+,37-21-,38-22+. The van der Waals surface area contributed by atoms with E-state index in [0.29, 0.717) is 11.1 Å². The molecule has 248 valence electrons. The minimum Gasteiger partial charge on any atom is -0.411 e. The lowest BCUT2D eigenvalue weighted by atomic mass is 10.1. The van der Waals surface area contributed by atoms with Crippen LogP contribution in [0, 0.1) is 0 Å². The average Bonchev–Trinajstić information content (AvgIpc) is 3.07. The Morgan fingerprint density at radius 1 is 0.583 bits per heavy atom. The van der Waals surface area contributed by atoms with Crippen LogP contribution in [0.15, 0.2) is 127 Å². The zero-order valence-electron chi connectivity index (χ0n) is 25.4. The summed E-state index contributed by atoms with van der Waals surface area (Å²) in [5.74, 6) is 0. The summed E-state index contributed by atoms with van der Waals surface area (Å²) in [6.45, 7) is 3.05. The van der Waals surface area contributed by atoms with Gasteiger partial charge < -0.3 is 10.4 Å². The first-order valence-electron chi connectivity index (χ1n) is 13.9. The van der Waals surface area contributed by atoms with Crippen molar-refractivity contribution < 1.29 is 36.4 Å². The van der Waals surface area contributed by atoms with Crippen LogP contribution in [0.4, 0.5) is 11.4 Å². The second-order valence-electron chi connectivity index (χ2n) is 10.0. The van der Waals surface area contributed by atoms with Gasteiger partial charge in [0.25, 0.3) is 20.2 Å². The first-order valence-corrected chi connectivity index (χ1v) is 16.8. The maximum absolute atomic E-state index is 12.3. The van der Waals surface area contributed by atoms with Crippen LogP contribution in [0.2, 0.25) is 0 Å². The number of hydrogen-bond acceptors (Lipinski definition) is 12. The Balaban J connectivity index is 1.68. The SMILES string of the molecule is CC(=N/O)/C(=N\Nc1ccc(/C=C/c2ccc(N/N=C(\C(C)=N\O)c3ccccc3)cc2S(=O)(=O)O)c(S(=O)(=O)O)c1)c1ccccc1. The number of rotatable bonds is 12. The zero-order valence-corrected chi connectivity index (χ0v) is 27.1. The van der Waals surface area contributed by atoms with E-state index in [1.165, 1.54) is 50.3 Å². The number of anilines is 2. The molecular formula is C32H30N6O8S2. The molecule has 0 aliphatic heterocycles. The van der Waals surface area contributed by atoms with Gasteiger partial charge in [-0.1, -0.05) is 95.3 Å². The number of oxime groups is 2. The molecular weight excluding hydrogens is 661 g/mol. The largest absolute Gasteiger partial charge is 0.411 e. The molecule has 0 saturated heterocycles. The van der Waals surface area contributed by atoms with Gasteiger partial charge in [-0.25, -0.2) is 0 Å². The predicted octanol–water partition coefficient (Wildman–Crippen LogP) is 5.68. The Bertz CT molecular complexity index is 2010. The van der Waals surface area contributed by atoms with Crippen LogP contribution in [0.25, 0.3) is 12.2 Å². The molecule has 48 heavy (non-hydrogen) atoms. The monoisotopic (exact) mass is 690 g/mol. The van der Waals surface area contributed by atoms with Crippen molar-refractivity contribution in [3.8, 4) is 0 Å². The molecule has 0 bridgehead atoms. The van der Waals surface area contributed by atoms with Gasteiger partial charge in [0.05, 0.1) is 11.4 Å². The number of hydrazone groups is 2. The smallest absolute Gasteiger partial charge is 0.295 e. The van der Waals surface area contributed by atoms with Crippen molar-refractivity contribution in [2.45, 2.75) is 23.6 Å². The fourth-order valence-corrected chi connectivity index (χ4v) is 5.77. The van der Waals surface area contributed by atoms with Crippen LogP contribution in [0.1, 0.15) is 36.1 Å². The summed E-state index contributed by atoms with van der Waals surface area (Å²) in [6, 6.07) is 25.4. The molecule has 0 spiro atoms. The molecule has 0 heterocycles. The second kappa shape index (κ2) is 15.3. The van der Waals surface area contributed by atoms with Crippen molar-refractivity contribution in [2.75, 3.05) is 10.9 Å². The van der Waals surface area contributed by atoms with Gasteiger partial charge in [-0.3, -0.25) is 20.0 Å². The van der Waals surface area contributed by atoms with Crippen molar-refractivity contribution in [3.63, 3.8) is 0 Å². The van der Waals surface area contributed by atoms with Crippen LogP contribution in [-0.2, 0) is 20.2 Å². The summed E-state index contributed by atoms with van der Waals surface area (Å²) >= 11 is 0. The second-order valence-corrected chi connectivity index (χ2v) is 12.8. The summed E-state index contributed by atoms with van der Waals surface area (Å²) in [4.78, 5) is -1.05. The quantitative estimate of drug-likeness (QED) is 0.0351. The van der Waals surface area contributed by atoms with Gasteiger partial charge in [0, 0.05) is 11.1 Å². The summed E-state index contributed by atoms with van der Waals surface area (Å²) in [5.41, 5.74) is 7.80. The first-order chi connectivity index (χ1) is 22.8. The molecule has 0 radical (unpaired) electrons. The highest BCUT2D eigenvalue weighted by atomic mass is 32.2. The number of hydrogen-bond donors (Lipinski definition) is 6. The van der Waals surface area contributed by atoms with Crippen LogP contribution in [0.3, 0.4) is 0 Å². The summed E-state index contributed by atoms with van der Waals surface area (Å²) in [6.07, 6.45) is 2.50. The fraction of sp³-hybridized carbons (Fsp3) is 0.0625. The molecule has 4 rings (SSSR count). The maximum atomic E-state index is 12.3. The summed E-state index contributed by atoms with van der Waals surface area (Å²) in [5, 5.41) is 33.4. The van der Waals surface area contributed by atoms with Gasteiger partial charge in [-0.2, -0.15) is 27.0 Å². The van der Waals surface area contributed by atoms with Crippen LogP contribution in [-0.4, -0.2) is 59.2 Å². The summed E-state index contributed by atoms with van der Waals surface area (Å²) < 4.78 is 69.3. The minimum absolute atomic E-state index is 0.0113.